The number of hydrogen-bond donors (Lipinski definition) is 1. The average molecular weight is 329 g/mol. The van der Waals surface area contributed by atoms with Gasteiger partial charge >= 0.3 is 12.1 Å². The van der Waals surface area contributed by atoms with E-state index in [9.17, 15) is 9.59 Å². The lowest BCUT2D eigenvalue weighted by molar-refractivity contribution is -0.131. The van der Waals surface area contributed by atoms with E-state index >= 15 is 0 Å². The van der Waals surface area contributed by atoms with Crippen LogP contribution in [-0.2, 0) is 9.53 Å². The fourth-order valence-corrected chi connectivity index (χ4v) is 1.41. The van der Waals surface area contributed by atoms with Gasteiger partial charge in [-0.05, 0) is 24.6 Å². The van der Waals surface area contributed by atoms with Crippen molar-refractivity contribution in [2.75, 3.05) is 13.7 Å². The number of allylic oxidation sites excluding steroid dienone is 2. The Kier molecular flexibility index (Phi) is 9.13. The molecule has 0 aliphatic heterocycles. The summed E-state index contributed by atoms with van der Waals surface area (Å²) < 4.78 is 14.8. The first-order valence-corrected chi connectivity index (χ1v) is 6.17. The number of halogens is 1. The van der Waals surface area contributed by atoms with Gasteiger partial charge in [0.15, 0.2) is 11.5 Å². The zero-order valence-corrected chi connectivity index (χ0v) is 13.0. The molecule has 0 aromatic heterocycles. The van der Waals surface area contributed by atoms with Gasteiger partial charge in [-0.2, -0.15) is 0 Å². The van der Waals surface area contributed by atoms with Gasteiger partial charge in [0, 0.05) is 6.08 Å². The highest BCUT2D eigenvalue weighted by Gasteiger charge is 2.10. The molecule has 0 saturated heterocycles. The lowest BCUT2D eigenvalue weighted by Gasteiger charge is -2.09. The number of rotatable bonds is 6. The molecule has 1 aromatic carbocycles. The first-order chi connectivity index (χ1) is 10.1. The van der Waals surface area contributed by atoms with Crippen LogP contribution in [0.25, 0.3) is 6.08 Å². The molecule has 0 amide bonds. The molecule has 0 fully saturated rings. The molecule has 0 radical (unpaired) electrons. The van der Waals surface area contributed by atoms with E-state index < -0.39 is 12.1 Å². The van der Waals surface area contributed by atoms with Crippen molar-refractivity contribution in [3.8, 4) is 11.5 Å². The van der Waals surface area contributed by atoms with Crippen molar-refractivity contribution in [2.24, 2.45) is 0 Å². The van der Waals surface area contributed by atoms with Crippen molar-refractivity contribution in [3.63, 3.8) is 0 Å². The van der Waals surface area contributed by atoms with E-state index in [-0.39, 0.29) is 24.8 Å². The zero-order valence-electron chi connectivity index (χ0n) is 12.1. The second kappa shape index (κ2) is 10.3. The molecule has 6 nitrogen and oxygen atoms in total. The number of aliphatic carboxylic acids is 1. The summed E-state index contributed by atoms with van der Waals surface area (Å²) in [6, 6.07) is 4.91. The third kappa shape index (κ3) is 6.81. The Morgan fingerprint density at radius 1 is 1.23 bits per heavy atom. The number of benzene rings is 1. The van der Waals surface area contributed by atoms with Crippen molar-refractivity contribution < 1.29 is 28.9 Å². The summed E-state index contributed by atoms with van der Waals surface area (Å²) in [4.78, 5) is 21.6. The Morgan fingerprint density at radius 3 is 2.55 bits per heavy atom. The summed E-state index contributed by atoms with van der Waals surface area (Å²) >= 11 is 0. The number of carboxylic acid groups (broad SMARTS) is 1. The molecule has 7 heteroatoms. The minimum atomic E-state index is -1.02. The van der Waals surface area contributed by atoms with Gasteiger partial charge in [-0.15, -0.1) is 12.4 Å². The fraction of sp³-hybridized carbons (Fsp3) is 0.200. The summed E-state index contributed by atoms with van der Waals surface area (Å²) in [7, 11) is 1.45. The molecule has 0 aliphatic rings. The smallest absolute Gasteiger partial charge is 0.493 e. The number of carbonyl (C=O) groups is 2. The Balaban J connectivity index is 0.00000441. The molecule has 120 valence electrons. The molecule has 0 unspecified atom stereocenters. The van der Waals surface area contributed by atoms with Crippen LogP contribution in [-0.4, -0.2) is 30.9 Å². The molecule has 0 heterocycles. The van der Waals surface area contributed by atoms with E-state index in [1.165, 1.54) is 13.2 Å². The maximum Gasteiger partial charge on any atom is 0.513 e. The molecule has 0 spiro atoms. The second-order valence-electron chi connectivity index (χ2n) is 3.75. The molecule has 22 heavy (non-hydrogen) atoms. The minimum Gasteiger partial charge on any atom is -0.493 e. The summed E-state index contributed by atoms with van der Waals surface area (Å²) in [6.07, 6.45) is 4.89. The molecule has 1 aromatic rings. The molecular formula is C15H17ClO6. The number of methoxy groups -OCH3 is 1. The standard InChI is InChI=1S/C15H16O6.ClH/c1-3-20-15(18)21-12-9-8-11(10-13(12)19-2)6-4-5-7-14(16)17;/h4-10H,3H2,1-2H3,(H,16,17);1H. The van der Waals surface area contributed by atoms with Crippen LogP contribution >= 0.6 is 12.4 Å². The maximum atomic E-state index is 11.3. The largest absolute Gasteiger partial charge is 0.513 e. The van der Waals surface area contributed by atoms with Gasteiger partial charge in [-0.25, -0.2) is 9.59 Å². The summed E-state index contributed by atoms with van der Waals surface area (Å²) in [6.45, 7) is 1.90. The predicted octanol–water partition coefficient (Wildman–Crippen LogP) is 3.31. The van der Waals surface area contributed by atoms with Gasteiger partial charge in [0.25, 0.3) is 0 Å². The van der Waals surface area contributed by atoms with Gasteiger partial charge < -0.3 is 19.3 Å². The van der Waals surface area contributed by atoms with Crippen molar-refractivity contribution in [1.29, 1.82) is 0 Å². The molecular weight excluding hydrogens is 312 g/mol. The summed E-state index contributed by atoms with van der Waals surface area (Å²) in [5.41, 5.74) is 0.762. The van der Waals surface area contributed by atoms with Crippen molar-refractivity contribution in [2.45, 2.75) is 6.92 Å². The quantitative estimate of drug-likeness (QED) is 0.373. The molecule has 1 rings (SSSR count). The average Bonchev–Trinajstić information content (AvgIpc) is 2.45. The Morgan fingerprint density at radius 2 is 1.95 bits per heavy atom. The highest BCUT2D eigenvalue weighted by atomic mass is 35.5. The van der Waals surface area contributed by atoms with Crippen molar-refractivity contribution in [1.82, 2.24) is 0 Å². The highest BCUT2D eigenvalue weighted by molar-refractivity contribution is 5.85. The van der Waals surface area contributed by atoms with E-state index in [4.69, 9.17) is 14.6 Å². The summed E-state index contributed by atoms with van der Waals surface area (Å²) in [5, 5.41) is 8.46. The van der Waals surface area contributed by atoms with Crippen molar-refractivity contribution in [3.05, 3.63) is 42.0 Å². The normalized spacial score (nSPS) is 10.3. The van der Waals surface area contributed by atoms with Gasteiger partial charge in [0.1, 0.15) is 0 Å². The zero-order chi connectivity index (χ0) is 15.7. The Bertz CT molecular complexity index is 565. The topological polar surface area (TPSA) is 82.1 Å². The van der Waals surface area contributed by atoms with Crippen LogP contribution in [0, 0.1) is 0 Å². The predicted molar refractivity (Wildman–Crippen MR) is 83.7 cm³/mol. The number of hydrogen-bond acceptors (Lipinski definition) is 5. The fourth-order valence-electron chi connectivity index (χ4n) is 1.41. The molecule has 0 aliphatic carbocycles. The first kappa shape index (κ1) is 19.5. The lowest BCUT2D eigenvalue weighted by Crippen LogP contribution is -2.10. The van der Waals surface area contributed by atoms with Gasteiger partial charge in [-0.1, -0.05) is 24.3 Å². The van der Waals surface area contributed by atoms with E-state index in [0.717, 1.165) is 11.6 Å². The Labute approximate surface area is 134 Å². The first-order valence-electron chi connectivity index (χ1n) is 6.17. The molecule has 1 N–H and O–H groups in total. The van der Waals surface area contributed by atoms with Crippen LogP contribution in [0.4, 0.5) is 4.79 Å². The maximum absolute atomic E-state index is 11.3. The van der Waals surface area contributed by atoms with E-state index in [2.05, 4.69) is 4.74 Å². The molecule has 0 bridgehead atoms. The second-order valence-corrected chi connectivity index (χ2v) is 3.75. The van der Waals surface area contributed by atoms with Crippen LogP contribution in [0.3, 0.4) is 0 Å². The number of carbonyl (C=O) groups excluding carboxylic acids is 1. The van der Waals surface area contributed by atoms with Gasteiger partial charge in [0.2, 0.25) is 0 Å². The van der Waals surface area contributed by atoms with Crippen LogP contribution in [0.1, 0.15) is 12.5 Å². The van der Waals surface area contributed by atoms with Crippen molar-refractivity contribution >= 4 is 30.6 Å². The van der Waals surface area contributed by atoms with E-state index in [1.54, 1.807) is 37.3 Å². The third-order valence-corrected chi connectivity index (χ3v) is 2.28. The molecule has 0 saturated carbocycles. The van der Waals surface area contributed by atoms with E-state index in [0.29, 0.717) is 5.75 Å². The van der Waals surface area contributed by atoms with Gasteiger partial charge in [0.05, 0.1) is 13.7 Å². The van der Waals surface area contributed by atoms with Crippen LogP contribution in [0.15, 0.2) is 36.4 Å². The molecule has 0 atom stereocenters. The lowest BCUT2D eigenvalue weighted by atomic mass is 10.2. The van der Waals surface area contributed by atoms with Crippen LogP contribution < -0.4 is 9.47 Å². The SMILES string of the molecule is CCOC(=O)Oc1ccc(C=CC=CC(=O)O)cc1OC.Cl. The number of ether oxygens (including phenoxy) is 3. The monoisotopic (exact) mass is 328 g/mol. The Hall–Kier alpha value is -2.47. The van der Waals surface area contributed by atoms with E-state index in [1.807, 2.05) is 0 Å². The third-order valence-electron chi connectivity index (χ3n) is 2.28. The van der Waals surface area contributed by atoms with Crippen LogP contribution in [0.5, 0.6) is 11.5 Å². The number of carboxylic acids is 1. The van der Waals surface area contributed by atoms with Gasteiger partial charge in [-0.3, -0.25) is 0 Å². The van der Waals surface area contributed by atoms with Crippen LogP contribution in [0.2, 0.25) is 0 Å². The summed E-state index contributed by atoms with van der Waals surface area (Å²) in [5.74, 6) is -0.406. The highest BCUT2D eigenvalue weighted by Crippen LogP contribution is 2.28. The minimum absolute atomic E-state index is 0.